The number of nitrogens with one attached hydrogen (secondary N) is 3. The van der Waals surface area contributed by atoms with E-state index in [-0.39, 0.29) is 24.8 Å². The van der Waals surface area contributed by atoms with Gasteiger partial charge in [-0.3, -0.25) is 14.4 Å². The summed E-state index contributed by atoms with van der Waals surface area (Å²) in [7, 11) is 0. The van der Waals surface area contributed by atoms with Crippen molar-refractivity contribution in [2.24, 2.45) is 17.6 Å². The van der Waals surface area contributed by atoms with Gasteiger partial charge in [-0.1, -0.05) is 27.7 Å². The summed E-state index contributed by atoms with van der Waals surface area (Å²) in [5.41, 5.74) is 5.66. The molecule has 0 heterocycles. The van der Waals surface area contributed by atoms with E-state index in [1.807, 2.05) is 13.8 Å². The van der Waals surface area contributed by atoms with Crippen LogP contribution in [0.1, 0.15) is 41.0 Å². The number of carboxylic acids is 1. The summed E-state index contributed by atoms with van der Waals surface area (Å²) in [6.45, 7) is 8.38. The Morgan fingerprint density at radius 3 is 1.96 bits per heavy atom. The van der Waals surface area contributed by atoms with E-state index in [9.17, 15) is 19.2 Å². The van der Waals surface area contributed by atoms with Crippen LogP contribution < -0.4 is 21.7 Å². The lowest BCUT2D eigenvalue weighted by atomic mass is 10.0. The Balaban J connectivity index is 4.44. The highest BCUT2D eigenvalue weighted by Crippen LogP contribution is 2.05. The molecule has 0 radical (unpaired) electrons. The minimum Gasteiger partial charge on any atom is -0.480 e. The first-order valence-electron chi connectivity index (χ1n) is 8.31. The molecule has 0 fully saturated rings. The van der Waals surface area contributed by atoms with E-state index in [0.717, 1.165) is 0 Å². The van der Waals surface area contributed by atoms with Crippen LogP contribution in [0.15, 0.2) is 0 Å². The third-order valence-electron chi connectivity index (χ3n) is 3.54. The lowest BCUT2D eigenvalue weighted by Crippen LogP contribution is -2.53. The van der Waals surface area contributed by atoms with Crippen molar-refractivity contribution < 1.29 is 24.3 Å². The van der Waals surface area contributed by atoms with Gasteiger partial charge in [-0.25, -0.2) is 4.79 Å². The third-order valence-corrected chi connectivity index (χ3v) is 3.54. The summed E-state index contributed by atoms with van der Waals surface area (Å²) in [4.78, 5) is 46.6. The van der Waals surface area contributed by atoms with E-state index in [4.69, 9.17) is 10.8 Å². The van der Waals surface area contributed by atoms with Crippen molar-refractivity contribution in [1.29, 1.82) is 0 Å². The molecule has 0 saturated carbocycles. The lowest BCUT2D eigenvalue weighted by Gasteiger charge is -2.20. The van der Waals surface area contributed by atoms with Crippen LogP contribution in [0, 0.1) is 11.8 Å². The maximum absolute atomic E-state index is 12.0. The Labute approximate surface area is 148 Å². The largest absolute Gasteiger partial charge is 0.480 e. The molecular formula is C16H30N4O5. The second kappa shape index (κ2) is 10.7. The molecule has 6 N–H and O–H groups in total. The van der Waals surface area contributed by atoms with Crippen molar-refractivity contribution >= 4 is 23.7 Å². The molecule has 0 saturated heterocycles. The van der Waals surface area contributed by atoms with Gasteiger partial charge in [0.25, 0.3) is 0 Å². The quantitative estimate of drug-likeness (QED) is 0.345. The van der Waals surface area contributed by atoms with E-state index in [1.54, 1.807) is 13.8 Å². The molecule has 0 aliphatic rings. The van der Waals surface area contributed by atoms with Crippen LogP contribution in [0.5, 0.6) is 0 Å². The predicted molar refractivity (Wildman–Crippen MR) is 92.4 cm³/mol. The van der Waals surface area contributed by atoms with Gasteiger partial charge in [0.2, 0.25) is 17.7 Å². The zero-order valence-electron chi connectivity index (χ0n) is 15.5. The molecule has 0 aromatic carbocycles. The van der Waals surface area contributed by atoms with Gasteiger partial charge < -0.3 is 26.8 Å². The van der Waals surface area contributed by atoms with Crippen LogP contribution in [0.2, 0.25) is 0 Å². The number of carbonyl (C=O) groups is 4. The Bertz CT molecular complexity index is 493. The summed E-state index contributed by atoms with van der Waals surface area (Å²) in [6, 6.07) is -2.67. The highest BCUT2D eigenvalue weighted by Gasteiger charge is 2.25. The molecule has 0 spiro atoms. The second-order valence-corrected chi connectivity index (χ2v) is 6.81. The smallest absolute Gasteiger partial charge is 0.326 e. The Hall–Kier alpha value is -2.16. The molecular weight excluding hydrogens is 328 g/mol. The average molecular weight is 358 g/mol. The summed E-state index contributed by atoms with van der Waals surface area (Å²) in [5, 5.41) is 16.3. The fraction of sp³-hybridized carbons (Fsp3) is 0.750. The minimum absolute atomic E-state index is 0.0679. The molecule has 0 aliphatic heterocycles. The summed E-state index contributed by atoms with van der Waals surface area (Å²) in [6.07, 6.45) is 0.283. The molecule has 0 rings (SSSR count). The molecule has 0 aliphatic carbocycles. The van der Waals surface area contributed by atoms with Crippen molar-refractivity contribution in [2.45, 2.75) is 59.2 Å². The van der Waals surface area contributed by atoms with E-state index in [2.05, 4.69) is 16.0 Å². The van der Waals surface area contributed by atoms with Gasteiger partial charge >= 0.3 is 5.97 Å². The first-order valence-corrected chi connectivity index (χ1v) is 8.31. The number of hydrogen-bond acceptors (Lipinski definition) is 5. The molecule has 3 atom stereocenters. The Morgan fingerprint density at radius 1 is 0.960 bits per heavy atom. The van der Waals surface area contributed by atoms with Gasteiger partial charge in [0.05, 0.1) is 12.6 Å². The Morgan fingerprint density at radius 2 is 1.52 bits per heavy atom. The standard InChI is InChI=1S/C16H30N4O5/c1-8(2)6-11(16(24)25)20-14(22)10(5)19-12(21)7-18-15(23)13(17)9(3)4/h8-11,13H,6-7,17H2,1-5H3,(H,18,23)(H,19,21)(H,20,22)(H,24,25). The van der Waals surface area contributed by atoms with Crippen molar-refractivity contribution in [2.75, 3.05) is 6.54 Å². The number of carboxylic acid groups (broad SMARTS) is 1. The third kappa shape index (κ3) is 9.04. The SMILES string of the molecule is CC(C)CC(NC(=O)C(C)NC(=O)CNC(=O)C(N)C(C)C)C(=O)O. The Kier molecular flexibility index (Phi) is 9.73. The van der Waals surface area contributed by atoms with Crippen molar-refractivity contribution in [3.05, 3.63) is 0 Å². The monoisotopic (exact) mass is 358 g/mol. The lowest BCUT2D eigenvalue weighted by molar-refractivity contribution is -0.142. The average Bonchev–Trinajstić information content (AvgIpc) is 2.50. The zero-order chi connectivity index (χ0) is 19.7. The first-order chi connectivity index (χ1) is 11.5. The maximum Gasteiger partial charge on any atom is 0.326 e. The van der Waals surface area contributed by atoms with Gasteiger partial charge in [0.1, 0.15) is 12.1 Å². The highest BCUT2D eigenvalue weighted by atomic mass is 16.4. The van der Waals surface area contributed by atoms with Gasteiger partial charge in [0.15, 0.2) is 0 Å². The molecule has 25 heavy (non-hydrogen) atoms. The first kappa shape index (κ1) is 22.8. The van der Waals surface area contributed by atoms with Crippen LogP contribution >= 0.6 is 0 Å². The number of carbonyl (C=O) groups excluding carboxylic acids is 3. The number of nitrogens with two attached hydrogens (primary N) is 1. The predicted octanol–water partition coefficient (Wildman–Crippen LogP) is -0.794. The molecule has 3 unspecified atom stereocenters. The van der Waals surface area contributed by atoms with E-state index >= 15 is 0 Å². The van der Waals surface area contributed by atoms with Crippen molar-refractivity contribution in [1.82, 2.24) is 16.0 Å². The number of hydrogen-bond donors (Lipinski definition) is 5. The van der Waals surface area contributed by atoms with Crippen LogP contribution in [0.25, 0.3) is 0 Å². The molecule has 0 aromatic rings. The van der Waals surface area contributed by atoms with E-state index in [0.29, 0.717) is 0 Å². The molecule has 144 valence electrons. The molecule has 3 amide bonds. The number of rotatable bonds is 10. The normalized spacial score (nSPS) is 14.6. The van der Waals surface area contributed by atoms with Gasteiger partial charge in [-0.15, -0.1) is 0 Å². The number of aliphatic carboxylic acids is 1. The maximum atomic E-state index is 12.0. The second-order valence-electron chi connectivity index (χ2n) is 6.81. The summed E-state index contributed by atoms with van der Waals surface area (Å²) >= 11 is 0. The summed E-state index contributed by atoms with van der Waals surface area (Å²) in [5.74, 6) is -2.73. The zero-order valence-corrected chi connectivity index (χ0v) is 15.5. The van der Waals surface area contributed by atoms with E-state index < -0.39 is 41.8 Å². The minimum atomic E-state index is -1.13. The van der Waals surface area contributed by atoms with Crippen LogP contribution in [0.3, 0.4) is 0 Å². The fourth-order valence-electron chi connectivity index (χ4n) is 1.94. The molecule has 9 heteroatoms. The van der Waals surface area contributed by atoms with Crippen molar-refractivity contribution in [3.63, 3.8) is 0 Å². The van der Waals surface area contributed by atoms with Gasteiger partial charge in [-0.05, 0) is 25.2 Å². The fourth-order valence-corrected chi connectivity index (χ4v) is 1.94. The van der Waals surface area contributed by atoms with E-state index in [1.165, 1.54) is 6.92 Å². The molecule has 0 aromatic heterocycles. The van der Waals surface area contributed by atoms with Crippen LogP contribution in [-0.4, -0.2) is 53.5 Å². The van der Waals surface area contributed by atoms with Gasteiger partial charge in [0, 0.05) is 0 Å². The highest BCUT2D eigenvalue weighted by molar-refractivity contribution is 5.92. The van der Waals surface area contributed by atoms with Gasteiger partial charge in [-0.2, -0.15) is 0 Å². The molecule has 0 bridgehead atoms. The van der Waals surface area contributed by atoms with Crippen LogP contribution in [-0.2, 0) is 19.2 Å². The van der Waals surface area contributed by atoms with Crippen LogP contribution in [0.4, 0.5) is 0 Å². The van der Waals surface area contributed by atoms with Crippen molar-refractivity contribution in [3.8, 4) is 0 Å². The topological polar surface area (TPSA) is 151 Å². The number of amides is 3. The molecule has 9 nitrogen and oxygen atoms in total. The summed E-state index contributed by atoms with van der Waals surface area (Å²) < 4.78 is 0.